The van der Waals surface area contributed by atoms with Crippen LogP contribution in [0.1, 0.15) is 0 Å². The molecule has 0 aliphatic carbocycles. The first-order valence-electron chi connectivity index (χ1n) is 1.35. The number of carbonyl (C=O) groups is 1. The third kappa shape index (κ3) is 240. The van der Waals surface area contributed by atoms with E-state index in [0.29, 0.717) is 0 Å². The summed E-state index contributed by atoms with van der Waals surface area (Å²) in [7, 11) is -4.67. The Hall–Kier alpha value is 2.35. The number of rotatable bonds is 0. The van der Waals surface area contributed by atoms with Crippen LogP contribution in [-0.2, 0) is 10.4 Å². The molecule has 10 heteroatoms. The van der Waals surface area contributed by atoms with Gasteiger partial charge in [-0.3, -0.25) is 9.11 Å². The minimum absolute atomic E-state index is 0. The predicted molar refractivity (Wildman–Crippen MR) is 40.5 cm³/mol. The number of carboxylic acid groups (broad SMARTS) is 2. The van der Waals surface area contributed by atoms with Crippen molar-refractivity contribution in [3.05, 3.63) is 0 Å². The average molecular weight is 340 g/mol. The summed E-state index contributed by atoms with van der Waals surface area (Å²) < 4.78 is 31.6. The Morgan fingerprint density at radius 1 is 1.09 bits per heavy atom. The zero-order valence-electron chi connectivity index (χ0n) is 3.92. The van der Waals surface area contributed by atoms with Gasteiger partial charge in [0.15, 0.2) is 0 Å². The SMILES string of the molecule is O=C(O)O.O=S(=O)(O)O.[BaH2].[KH]. The molecule has 0 aliphatic rings. The van der Waals surface area contributed by atoms with Gasteiger partial charge in [0.2, 0.25) is 0 Å². The standard InChI is InChI=1S/CH2O3.Ba.K.H2O4S.3H/c2-1(3)4;;;1-5(2,3)4;;;/h(H2,2,3,4);;;(H2,1,2,3,4);;;. The molecule has 0 amide bonds. The number of hydrogen-bond donors (Lipinski definition) is 4. The molecular weight excluding hydrogens is 332 g/mol. The van der Waals surface area contributed by atoms with E-state index in [9.17, 15) is 0 Å². The molecule has 0 fully saturated rings. The fraction of sp³-hybridized carbons (Fsp3) is 0. The Kier molecular flexibility index (Phi) is 26.1. The summed E-state index contributed by atoms with van der Waals surface area (Å²) in [6.45, 7) is 0. The van der Waals surface area contributed by atoms with Crippen LogP contribution < -0.4 is 0 Å². The van der Waals surface area contributed by atoms with Crippen LogP contribution in [0.4, 0.5) is 4.79 Å². The fourth-order valence-corrected chi connectivity index (χ4v) is 0. The van der Waals surface area contributed by atoms with Crippen LogP contribution >= 0.6 is 0 Å². The summed E-state index contributed by atoms with van der Waals surface area (Å²) in [4.78, 5) is 8.56. The molecule has 11 heavy (non-hydrogen) atoms. The quantitative estimate of drug-likeness (QED) is 0.296. The van der Waals surface area contributed by atoms with Gasteiger partial charge in [0.25, 0.3) is 0 Å². The van der Waals surface area contributed by atoms with Crippen molar-refractivity contribution < 1.29 is 32.5 Å². The molecule has 4 N–H and O–H groups in total. The van der Waals surface area contributed by atoms with E-state index in [2.05, 4.69) is 0 Å². The van der Waals surface area contributed by atoms with E-state index in [0.717, 1.165) is 0 Å². The third-order valence-electron chi connectivity index (χ3n) is 0. The molecule has 0 aromatic heterocycles. The van der Waals surface area contributed by atoms with E-state index >= 15 is 0 Å². The third-order valence-corrected chi connectivity index (χ3v) is 0. The van der Waals surface area contributed by atoms with Crippen molar-refractivity contribution in [2.24, 2.45) is 0 Å². The second-order valence-corrected chi connectivity index (χ2v) is 1.63. The minimum atomic E-state index is -4.67. The van der Waals surface area contributed by atoms with Gasteiger partial charge in [-0.05, 0) is 0 Å². The van der Waals surface area contributed by atoms with E-state index < -0.39 is 16.6 Å². The first-order chi connectivity index (χ1) is 3.73. The Bertz CT molecular complexity index is 161. The van der Waals surface area contributed by atoms with Crippen molar-refractivity contribution in [2.45, 2.75) is 0 Å². The molecule has 0 bridgehead atoms. The van der Waals surface area contributed by atoms with Crippen LogP contribution in [0.15, 0.2) is 0 Å². The van der Waals surface area contributed by atoms with Crippen molar-refractivity contribution in [1.82, 2.24) is 0 Å². The van der Waals surface area contributed by atoms with Crippen molar-refractivity contribution in [3.63, 3.8) is 0 Å². The molecule has 0 heterocycles. The Morgan fingerprint density at radius 2 is 1.09 bits per heavy atom. The zero-order chi connectivity index (χ0) is 8.08. The summed E-state index contributed by atoms with van der Waals surface area (Å²) in [5, 5.41) is 13.9. The van der Waals surface area contributed by atoms with Gasteiger partial charge in [-0.1, -0.05) is 0 Å². The molecule has 0 aromatic rings. The van der Waals surface area contributed by atoms with Crippen LogP contribution in [0, 0.1) is 0 Å². The zero-order valence-corrected chi connectivity index (χ0v) is 4.74. The topological polar surface area (TPSA) is 132 Å². The van der Waals surface area contributed by atoms with Crippen molar-refractivity contribution in [3.8, 4) is 0 Å². The fourth-order valence-electron chi connectivity index (χ4n) is 0. The van der Waals surface area contributed by atoms with Gasteiger partial charge in [-0.25, -0.2) is 4.79 Å². The van der Waals surface area contributed by atoms with Crippen LogP contribution in [0.25, 0.3) is 0 Å². The van der Waals surface area contributed by atoms with Gasteiger partial charge < -0.3 is 10.2 Å². The molecule has 0 radical (unpaired) electrons. The molecule has 7 nitrogen and oxygen atoms in total. The molecule has 0 aromatic carbocycles. The predicted octanol–water partition coefficient (Wildman–Crippen LogP) is -2.00. The second kappa shape index (κ2) is 12.3. The summed E-state index contributed by atoms with van der Waals surface area (Å²) in [5.74, 6) is 0. The molecule has 0 atom stereocenters. The Labute approximate surface area is 146 Å². The van der Waals surface area contributed by atoms with Gasteiger partial charge in [0.1, 0.15) is 0 Å². The monoisotopic (exact) mass is 340 g/mol. The molecular formula is CH7BaKO7S. The van der Waals surface area contributed by atoms with Crippen molar-refractivity contribution >= 4 is 117 Å². The summed E-state index contributed by atoms with van der Waals surface area (Å²) in [5.41, 5.74) is 0. The van der Waals surface area contributed by atoms with Gasteiger partial charge >= 0.3 is 117 Å². The van der Waals surface area contributed by atoms with E-state index in [1.807, 2.05) is 0 Å². The van der Waals surface area contributed by atoms with Gasteiger partial charge in [-0.2, -0.15) is 8.42 Å². The maximum absolute atomic E-state index is 8.74. The van der Waals surface area contributed by atoms with E-state index in [4.69, 9.17) is 32.5 Å². The average Bonchev–Trinajstić information content (AvgIpc) is 1.19. The Balaban J connectivity index is -0.0000000383. The first kappa shape index (κ1) is 23.3. The number of hydrogen-bond acceptors (Lipinski definition) is 3. The van der Waals surface area contributed by atoms with Gasteiger partial charge in [0.05, 0.1) is 0 Å². The molecule has 0 spiro atoms. The summed E-state index contributed by atoms with van der Waals surface area (Å²) >= 11 is 0. The van der Waals surface area contributed by atoms with Crippen LogP contribution in [-0.4, -0.2) is 134 Å². The molecule has 0 saturated carbocycles. The second-order valence-electron chi connectivity index (χ2n) is 0.730. The summed E-state index contributed by atoms with van der Waals surface area (Å²) in [6, 6.07) is 0. The van der Waals surface area contributed by atoms with Crippen LogP contribution in [0.2, 0.25) is 0 Å². The molecule has 0 unspecified atom stereocenters. The molecule has 0 aliphatic heterocycles. The van der Waals surface area contributed by atoms with E-state index in [1.54, 1.807) is 0 Å². The van der Waals surface area contributed by atoms with Gasteiger partial charge in [0, 0.05) is 0 Å². The van der Waals surface area contributed by atoms with E-state index in [1.165, 1.54) is 0 Å². The van der Waals surface area contributed by atoms with Crippen molar-refractivity contribution in [2.75, 3.05) is 0 Å². The van der Waals surface area contributed by atoms with Crippen LogP contribution in [0.5, 0.6) is 0 Å². The van der Waals surface area contributed by atoms with Gasteiger partial charge in [-0.15, -0.1) is 0 Å². The van der Waals surface area contributed by atoms with Crippen molar-refractivity contribution in [1.29, 1.82) is 0 Å². The van der Waals surface area contributed by atoms with Crippen LogP contribution in [0.3, 0.4) is 0 Å². The summed E-state index contributed by atoms with van der Waals surface area (Å²) in [6.07, 6.45) is -1.83. The normalized spacial score (nSPS) is 7.45. The Morgan fingerprint density at radius 3 is 1.09 bits per heavy atom. The maximum atomic E-state index is 8.74. The first-order valence-corrected chi connectivity index (χ1v) is 2.75. The molecule has 0 rings (SSSR count). The molecule has 0 saturated heterocycles. The molecule has 62 valence electrons. The van der Waals surface area contributed by atoms with E-state index in [-0.39, 0.29) is 100 Å².